The Balaban J connectivity index is 1.67. The summed E-state index contributed by atoms with van der Waals surface area (Å²) in [6.07, 6.45) is 3.61. The van der Waals surface area contributed by atoms with Gasteiger partial charge in [0.1, 0.15) is 16.5 Å². The van der Waals surface area contributed by atoms with E-state index in [1.807, 2.05) is 19.1 Å². The number of nitrogens with zero attached hydrogens (tertiary/aromatic N) is 3. The largest absolute Gasteiger partial charge is 0.495 e. The SMILES string of the molecule is CCN1C(=O)CCCc2cc(Nc3ncc(Cl)c(Nc4cc(Cl)ccc4OC)n3)c(OC)cc21. The molecule has 34 heavy (non-hydrogen) atoms. The van der Waals surface area contributed by atoms with Crippen LogP contribution in [-0.2, 0) is 11.2 Å². The Bertz CT molecular complexity index is 1220. The van der Waals surface area contributed by atoms with Gasteiger partial charge in [0.25, 0.3) is 0 Å². The van der Waals surface area contributed by atoms with Gasteiger partial charge in [-0.05, 0) is 49.6 Å². The van der Waals surface area contributed by atoms with Crippen LogP contribution < -0.4 is 25.0 Å². The number of hydrogen-bond acceptors (Lipinski definition) is 7. The topological polar surface area (TPSA) is 88.6 Å². The number of carbonyl (C=O) groups excluding carboxylic acids is 1. The van der Waals surface area contributed by atoms with E-state index in [0.29, 0.717) is 57.7 Å². The number of fused-ring (bicyclic) bond motifs is 1. The Morgan fingerprint density at radius 1 is 1.03 bits per heavy atom. The average Bonchev–Trinajstić information content (AvgIpc) is 2.98. The summed E-state index contributed by atoms with van der Waals surface area (Å²) < 4.78 is 11.0. The summed E-state index contributed by atoms with van der Waals surface area (Å²) in [5.41, 5.74) is 3.25. The average molecular weight is 502 g/mol. The van der Waals surface area contributed by atoms with Crippen LogP contribution >= 0.6 is 23.2 Å². The van der Waals surface area contributed by atoms with Crippen molar-refractivity contribution in [2.45, 2.75) is 26.2 Å². The highest BCUT2D eigenvalue weighted by atomic mass is 35.5. The van der Waals surface area contributed by atoms with E-state index in [9.17, 15) is 4.79 Å². The number of aromatic nitrogens is 2. The lowest BCUT2D eigenvalue weighted by Gasteiger charge is -2.23. The van der Waals surface area contributed by atoms with Crippen molar-refractivity contribution in [2.75, 3.05) is 36.3 Å². The van der Waals surface area contributed by atoms with Crippen LogP contribution in [0.4, 0.5) is 28.8 Å². The minimum Gasteiger partial charge on any atom is -0.495 e. The zero-order chi connectivity index (χ0) is 24.2. The molecule has 0 saturated carbocycles. The quantitative estimate of drug-likeness (QED) is 0.411. The van der Waals surface area contributed by atoms with E-state index >= 15 is 0 Å². The highest BCUT2D eigenvalue weighted by Gasteiger charge is 2.23. The number of anilines is 5. The maximum absolute atomic E-state index is 12.5. The Morgan fingerprint density at radius 3 is 2.53 bits per heavy atom. The zero-order valence-corrected chi connectivity index (χ0v) is 20.6. The third-order valence-corrected chi connectivity index (χ3v) is 6.06. The van der Waals surface area contributed by atoms with Crippen LogP contribution in [0.15, 0.2) is 36.5 Å². The van der Waals surface area contributed by atoms with E-state index in [1.165, 1.54) is 6.20 Å². The lowest BCUT2D eigenvalue weighted by molar-refractivity contribution is -0.118. The Labute approximate surface area is 208 Å². The summed E-state index contributed by atoms with van der Waals surface area (Å²) in [6, 6.07) is 9.08. The molecule has 0 fully saturated rings. The molecule has 0 unspecified atom stereocenters. The molecule has 0 atom stereocenters. The fourth-order valence-corrected chi connectivity index (χ4v) is 4.23. The molecule has 10 heteroatoms. The molecule has 0 aliphatic carbocycles. The fraction of sp³-hybridized carbons (Fsp3) is 0.292. The van der Waals surface area contributed by atoms with Gasteiger partial charge in [-0.2, -0.15) is 4.98 Å². The summed E-state index contributed by atoms with van der Waals surface area (Å²) in [5, 5.41) is 7.26. The number of rotatable bonds is 7. The minimum absolute atomic E-state index is 0.122. The van der Waals surface area contributed by atoms with Crippen LogP contribution in [0.3, 0.4) is 0 Å². The zero-order valence-electron chi connectivity index (χ0n) is 19.1. The van der Waals surface area contributed by atoms with Crippen molar-refractivity contribution in [3.63, 3.8) is 0 Å². The van der Waals surface area contributed by atoms with Crippen LogP contribution in [0.25, 0.3) is 0 Å². The maximum Gasteiger partial charge on any atom is 0.229 e. The van der Waals surface area contributed by atoms with E-state index in [2.05, 4.69) is 20.6 Å². The highest BCUT2D eigenvalue weighted by Crippen LogP contribution is 2.38. The lowest BCUT2D eigenvalue weighted by Crippen LogP contribution is -2.29. The van der Waals surface area contributed by atoms with E-state index in [-0.39, 0.29) is 5.91 Å². The van der Waals surface area contributed by atoms with Gasteiger partial charge < -0.3 is 25.0 Å². The molecule has 2 heterocycles. The number of aryl methyl sites for hydroxylation is 1. The number of carbonyl (C=O) groups is 1. The lowest BCUT2D eigenvalue weighted by atomic mass is 10.1. The number of nitrogens with one attached hydrogen (secondary N) is 2. The molecule has 0 spiro atoms. The second-order valence-electron chi connectivity index (χ2n) is 7.66. The van der Waals surface area contributed by atoms with E-state index in [4.69, 9.17) is 32.7 Å². The molecule has 0 radical (unpaired) electrons. The van der Waals surface area contributed by atoms with Crippen molar-refractivity contribution in [1.29, 1.82) is 0 Å². The monoisotopic (exact) mass is 501 g/mol. The molecule has 178 valence electrons. The number of amides is 1. The minimum atomic E-state index is 0.122. The normalized spacial score (nSPS) is 13.2. The van der Waals surface area contributed by atoms with Crippen molar-refractivity contribution in [1.82, 2.24) is 9.97 Å². The van der Waals surface area contributed by atoms with Crippen molar-refractivity contribution in [3.8, 4) is 11.5 Å². The van der Waals surface area contributed by atoms with Crippen LogP contribution in [0, 0.1) is 0 Å². The molecule has 0 saturated heterocycles. The molecule has 4 rings (SSSR count). The summed E-state index contributed by atoms with van der Waals surface area (Å²) >= 11 is 12.5. The molecule has 1 aromatic heterocycles. The van der Waals surface area contributed by atoms with Crippen LogP contribution in [0.2, 0.25) is 10.0 Å². The molecule has 1 aliphatic rings. The molecular weight excluding hydrogens is 477 g/mol. The smallest absolute Gasteiger partial charge is 0.229 e. The second kappa shape index (κ2) is 10.4. The molecule has 1 amide bonds. The first-order valence-corrected chi connectivity index (χ1v) is 11.6. The van der Waals surface area contributed by atoms with Gasteiger partial charge in [-0.1, -0.05) is 23.2 Å². The summed E-state index contributed by atoms with van der Waals surface area (Å²) in [7, 11) is 3.16. The fourth-order valence-electron chi connectivity index (χ4n) is 3.92. The first kappa shape index (κ1) is 23.9. The van der Waals surface area contributed by atoms with Crippen molar-refractivity contribution < 1.29 is 14.3 Å². The Morgan fingerprint density at radius 2 is 1.79 bits per heavy atom. The first-order valence-electron chi connectivity index (χ1n) is 10.8. The molecule has 1 aliphatic heterocycles. The molecule has 0 bridgehead atoms. The predicted octanol–water partition coefficient (Wildman–Crippen LogP) is 5.98. The number of ether oxygens (including phenoxy) is 2. The van der Waals surface area contributed by atoms with Gasteiger partial charge in [0, 0.05) is 24.1 Å². The molecular formula is C24H25Cl2N5O3. The van der Waals surface area contributed by atoms with Crippen molar-refractivity contribution >= 4 is 57.9 Å². The van der Waals surface area contributed by atoms with Gasteiger partial charge in [0.2, 0.25) is 11.9 Å². The van der Waals surface area contributed by atoms with Crippen LogP contribution in [0.1, 0.15) is 25.3 Å². The number of hydrogen-bond donors (Lipinski definition) is 2. The van der Waals surface area contributed by atoms with E-state index < -0.39 is 0 Å². The summed E-state index contributed by atoms with van der Waals surface area (Å²) in [5.74, 6) is 2.00. The van der Waals surface area contributed by atoms with Gasteiger partial charge in [-0.25, -0.2) is 4.98 Å². The highest BCUT2D eigenvalue weighted by molar-refractivity contribution is 6.33. The van der Waals surface area contributed by atoms with Crippen LogP contribution in [-0.4, -0.2) is 36.6 Å². The summed E-state index contributed by atoms with van der Waals surface area (Å²) in [4.78, 5) is 23.1. The van der Waals surface area contributed by atoms with Crippen molar-refractivity contribution in [3.05, 3.63) is 52.1 Å². The van der Waals surface area contributed by atoms with Gasteiger partial charge in [-0.3, -0.25) is 4.79 Å². The van der Waals surface area contributed by atoms with Gasteiger partial charge in [0.05, 0.1) is 37.5 Å². The van der Waals surface area contributed by atoms with Gasteiger partial charge in [0.15, 0.2) is 5.82 Å². The third-order valence-electron chi connectivity index (χ3n) is 5.55. The molecule has 3 aromatic rings. The summed E-state index contributed by atoms with van der Waals surface area (Å²) in [6.45, 7) is 2.57. The van der Waals surface area contributed by atoms with E-state index in [0.717, 1.165) is 24.1 Å². The number of halogens is 2. The molecule has 2 N–H and O–H groups in total. The maximum atomic E-state index is 12.5. The van der Waals surface area contributed by atoms with Crippen molar-refractivity contribution in [2.24, 2.45) is 0 Å². The number of methoxy groups -OCH3 is 2. The number of benzene rings is 2. The van der Waals surface area contributed by atoms with E-state index in [1.54, 1.807) is 37.3 Å². The third kappa shape index (κ3) is 4.98. The second-order valence-corrected chi connectivity index (χ2v) is 8.50. The standard InChI is InChI=1S/C24H25Cl2N5O3/c1-4-31-19-12-21(34-3)17(10-14(19)6-5-7-22(31)32)29-24-27-13-16(26)23(30-24)28-18-11-15(25)8-9-20(18)33-2/h8-13H,4-7H2,1-3H3,(H2,27,28,29,30). The Hall–Kier alpha value is -3.23. The predicted molar refractivity (Wildman–Crippen MR) is 136 cm³/mol. The molecule has 2 aromatic carbocycles. The first-order chi connectivity index (χ1) is 16.4. The van der Waals surface area contributed by atoms with Gasteiger partial charge >= 0.3 is 0 Å². The van der Waals surface area contributed by atoms with Crippen LogP contribution in [0.5, 0.6) is 11.5 Å². The Kier molecular flexibility index (Phi) is 7.29. The molecule has 8 nitrogen and oxygen atoms in total. The van der Waals surface area contributed by atoms with Gasteiger partial charge in [-0.15, -0.1) is 0 Å².